The summed E-state index contributed by atoms with van der Waals surface area (Å²) in [5.74, 6) is 5.94. The first-order chi connectivity index (χ1) is 7.27. The highest BCUT2D eigenvalue weighted by Gasteiger charge is 2.04. The normalized spacial score (nSPS) is 10.6. The lowest BCUT2D eigenvalue weighted by Crippen LogP contribution is -2.06. The molecule has 0 atom stereocenters. The molecule has 0 heterocycles. The van der Waals surface area contributed by atoms with E-state index in [1.165, 1.54) is 12.1 Å². The third-order valence-corrected chi connectivity index (χ3v) is 2.58. The van der Waals surface area contributed by atoms with Gasteiger partial charge >= 0.3 is 0 Å². The Bertz CT molecular complexity index is 394. The average Bonchev–Trinajstić information content (AvgIpc) is 2.16. The van der Waals surface area contributed by atoms with E-state index in [-0.39, 0.29) is 0 Å². The number of hydrazine groups is 1. The minimum Gasteiger partial charge on any atom is -0.324 e. The van der Waals surface area contributed by atoms with Crippen molar-refractivity contribution in [2.45, 2.75) is 25.7 Å². The van der Waals surface area contributed by atoms with Crippen LogP contribution in [0.25, 0.3) is 0 Å². The summed E-state index contributed by atoms with van der Waals surface area (Å²) in [6.45, 7) is 6.50. The molecule has 0 aliphatic carbocycles. The lowest BCUT2D eigenvalue weighted by Gasteiger charge is -2.00. The molecule has 5 heteroatoms. The first-order valence-corrected chi connectivity index (χ1v) is 6.93. The molecule has 3 N–H and O–H groups in total. The summed E-state index contributed by atoms with van der Waals surface area (Å²) in [5.41, 5.74) is 3.09. The predicted molar refractivity (Wildman–Crippen MR) is 67.9 cm³/mol. The van der Waals surface area contributed by atoms with E-state index in [1.807, 2.05) is 0 Å². The lowest BCUT2D eigenvalue weighted by atomic mass is 10.3. The van der Waals surface area contributed by atoms with Gasteiger partial charge in [-0.3, -0.25) is 5.84 Å². The smallest absolute Gasteiger partial charge is 0.175 e. The maximum atomic E-state index is 11.0. The van der Waals surface area contributed by atoms with E-state index in [9.17, 15) is 8.42 Å². The molecule has 4 nitrogen and oxygen atoms in total. The van der Waals surface area contributed by atoms with Crippen LogP contribution in [-0.2, 0) is 9.84 Å². The van der Waals surface area contributed by atoms with E-state index in [4.69, 9.17) is 5.84 Å². The quantitative estimate of drug-likeness (QED) is 0.617. The molecule has 16 heavy (non-hydrogen) atoms. The fourth-order valence-corrected chi connectivity index (χ4v) is 1.43. The van der Waals surface area contributed by atoms with Crippen LogP contribution in [0.1, 0.15) is 20.8 Å². The molecule has 1 rings (SSSR count). The Morgan fingerprint density at radius 3 is 1.75 bits per heavy atom. The van der Waals surface area contributed by atoms with Gasteiger partial charge in [0.15, 0.2) is 9.84 Å². The fourth-order valence-electron chi connectivity index (χ4n) is 0.798. The van der Waals surface area contributed by atoms with Crippen LogP contribution in [0.15, 0.2) is 29.2 Å². The first-order valence-electron chi connectivity index (χ1n) is 5.04. The van der Waals surface area contributed by atoms with Gasteiger partial charge in [0.2, 0.25) is 0 Å². The fraction of sp³-hybridized carbons (Fsp3) is 0.455. The molecule has 0 spiro atoms. The molecule has 0 saturated heterocycles. The van der Waals surface area contributed by atoms with Crippen LogP contribution >= 0.6 is 0 Å². The Labute approximate surface area is 97.7 Å². The van der Waals surface area contributed by atoms with E-state index < -0.39 is 9.84 Å². The van der Waals surface area contributed by atoms with Gasteiger partial charge in [0.1, 0.15) is 0 Å². The molecular weight excluding hydrogens is 224 g/mol. The highest BCUT2D eigenvalue weighted by atomic mass is 32.2. The third kappa shape index (κ3) is 6.42. The summed E-state index contributed by atoms with van der Waals surface area (Å²) in [6.07, 6.45) is 1.16. The van der Waals surface area contributed by atoms with Crippen LogP contribution in [0, 0.1) is 5.92 Å². The molecule has 0 fully saturated rings. The zero-order chi connectivity index (χ0) is 12.8. The molecular formula is C11H20N2O2S. The van der Waals surface area contributed by atoms with Crippen molar-refractivity contribution in [2.24, 2.45) is 11.8 Å². The van der Waals surface area contributed by atoms with E-state index in [0.29, 0.717) is 10.6 Å². The van der Waals surface area contributed by atoms with Crippen LogP contribution in [0.2, 0.25) is 0 Å². The van der Waals surface area contributed by atoms with Crippen LogP contribution in [-0.4, -0.2) is 14.7 Å². The monoisotopic (exact) mass is 244 g/mol. The summed E-state index contributed by atoms with van der Waals surface area (Å²) < 4.78 is 22.0. The Balaban J connectivity index is 0.000000487. The number of sulfone groups is 1. The van der Waals surface area contributed by atoms with Crippen molar-refractivity contribution in [2.75, 3.05) is 11.7 Å². The number of hydrogen-bond donors (Lipinski definition) is 2. The second-order valence-corrected chi connectivity index (χ2v) is 6.19. The molecule has 0 saturated carbocycles. The third-order valence-electron chi connectivity index (χ3n) is 1.45. The summed E-state index contributed by atoms with van der Waals surface area (Å²) in [6, 6.07) is 6.22. The van der Waals surface area contributed by atoms with Crippen molar-refractivity contribution in [3.05, 3.63) is 24.3 Å². The molecule has 0 aliphatic rings. The second kappa shape index (κ2) is 6.50. The van der Waals surface area contributed by atoms with Gasteiger partial charge in [0, 0.05) is 11.9 Å². The maximum Gasteiger partial charge on any atom is 0.175 e. The topological polar surface area (TPSA) is 72.2 Å². The van der Waals surface area contributed by atoms with Gasteiger partial charge in [-0.1, -0.05) is 20.8 Å². The van der Waals surface area contributed by atoms with Crippen LogP contribution < -0.4 is 11.3 Å². The number of anilines is 1. The van der Waals surface area contributed by atoms with Crippen molar-refractivity contribution in [3.8, 4) is 0 Å². The standard InChI is InChI=1S/C7H10N2O2S.C4H10/c1-12(10,11)7-4-2-6(9-8)3-5-7;1-4(2)3/h2-5,9H,8H2,1H3;4H,1-3H3. The maximum absolute atomic E-state index is 11.0. The number of nitrogen functional groups attached to an aromatic ring is 1. The Kier molecular flexibility index (Phi) is 6.06. The van der Waals surface area contributed by atoms with Gasteiger partial charge in [-0.05, 0) is 30.2 Å². The number of hydrogen-bond acceptors (Lipinski definition) is 4. The van der Waals surface area contributed by atoms with Crippen LogP contribution in [0.3, 0.4) is 0 Å². The predicted octanol–water partition coefficient (Wildman–Crippen LogP) is 2.04. The minimum absolute atomic E-state index is 0.293. The number of nitrogens with one attached hydrogen (secondary N) is 1. The number of rotatable bonds is 2. The van der Waals surface area contributed by atoms with Gasteiger partial charge in [0.25, 0.3) is 0 Å². The highest BCUT2D eigenvalue weighted by Crippen LogP contribution is 2.12. The molecule has 1 aromatic rings. The SMILES string of the molecule is CC(C)C.CS(=O)(=O)c1ccc(NN)cc1. The largest absolute Gasteiger partial charge is 0.324 e. The molecule has 0 bridgehead atoms. The zero-order valence-corrected chi connectivity index (χ0v) is 11.0. The summed E-state index contributed by atoms with van der Waals surface area (Å²) in [5, 5.41) is 0. The average molecular weight is 244 g/mol. The van der Waals surface area contributed by atoms with E-state index in [0.717, 1.165) is 12.2 Å². The van der Waals surface area contributed by atoms with E-state index >= 15 is 0 Å². The summed E-state index contributed by atoms with van der Waals surface area (Å²) in [4.78, 5) is 0.293. The van der Waals surface area contributed by atoms with Gasteiger partial charge < -0.3 is 5.43 Å². The first kappa shape index (κ1) is 14.9. The second-order valence-electron chi connectivity index (χ2n) is 4.17. The number of nitrogens with two attached hydrogens (primary N) is 1. The van der Waals surface area contributed by atoms with E-state index in [2.05, 4.69) is 26.2 Å². The number of benzene rings is 1. The molecule has 1 aromatic carbocycles. The zero-order valence-electron chi connectivity index (χ0n) is 10.2. The van der Waals surface area contributed by atoms with Gasteiger partial charge in [-0.25, -0.2) is 8.42 Å². The highest BCUT2D eigenvalue weighted by molar-refractivity contribution is 7.90. The minimum atomic E-state index is -3.10. The lowest BCUT2D eigenvalue weighted by molar-refractivity contribution is 0.602. The molecule has 0 aromatic heterocycles. The molecule has 92 valence electrons. The van der Waals surface area contributed by atoms with Crippen molar-refractivity contribution < 1.29 is 8.42 Å². The molecule has 0 unspecified atom stereocenters. The van der Waals surface area contributed by atoms with Crippen LogP contribution in [0.4, 0.5) is 5.69 Å². The Morgan fingerprint density at radius 2 is 1.50 bits per heavy atom. The van der Waals surface area contributed by atoms with Crippen molar-refractivity contribution in [3.63, 3.8) is 0 Å². The Morgan fingerprint density at radius 1 is 1.12 bits per heavy atom. The van der Waals surface area contributed by atoms with Gasteiger partial charge in [-0.15, -0.1) is 0 Å². The summed E-state index contributed by atoms with van der Waals surface area (Å²) >= 11 is 0. The van der Waals surface area contributed by atoms with Crippen molar-refractivity contribution in [1.29, 1.82) is 0 Å². The van der Waals surface area contributed by atoms with Gasteiger partial charge in [0.05, 0.1) is 4.90 Å². The van der Waals surface area contributed by atoms with Crippen molar-refractivity contribution >= 4 is 15.5 Å². The van der Waals surface area contributed by atoms with E-state index in [1.54, 1.807) is 12.1 Å². The molecule has 0 amide bonds. The summed E-state index contributed by atoms with van der Waals surface area (Å²) in [7, 11) is -3.10. The Hall–Kier alpha value is -1.07. The van der Waals surface area contributed by atoms with Gasteiger partial charge in [-0.2, -0.15) is 0 Å². The van der Waals surface area contributed by atoms with Crippen LogP contribution in [0.5, 0.6) is 0 Å². The van der Waals surface area contributed by atoms with Crippen molar-refractivity contribution in [1.82, 2.24) is 0 Å². The molecule has 0 aliphatic heterocycles. The molecule has 0 radical (unpaired) electrons.